The molecule has 34 heavy (non-hydrogen) atoms. The highest BCUT2D eigenvalue weighted by atomic mass is 16.5. The van der Waals surface area contributed by atoms with E-state index < -0.39 is 0 Å². The highest BCUT2D eigenvalue weighted by molar-refractivity contribution is 5.85. The van der Waals surface area contributed by atoms with Gasteiger partial charge in [-0.05, 0) is 47.9 Å². The number of aldehydes is 1. The lowest BCUT2D eigenvalue weighted by atomic mass is 9.98. The number of carbonyl (C=O) groups excluding carboxylic acids is 1. The van der Waals surface area contributed by atoms with Crippen LogP contribution >= 0.6 is 0 Å². The zero-order valence-corrected chi connectivity index (χ0v) is 19.4. The van der Waals surface area contributed by atoms with Crippen molar-refractivity contribution in [1.82, 2.24) is 14.3 Å². The summed E-state index contributed by atoms with van der Waals surface area (Å²) >= 11 is 0. The molecule has 4 aromatic rings. The molecule has 2 aromatic carbocycles. The van der Waals surface area contributed by atoms with Gasteiger partial charge in [-0.25, -0.2) is 4.98 Å². The van der Waals surface area contributed by atoms with Crippen LogP contribution < -0.4 is 9.47 Å². The molecule has 1 aliphatic rings. The Morgan fingerprint density at radius 1 is 1.00 bits per heavy atom. The second-order valence-electron chi connectivity index (χ2n) is 8.41. The van der Waals surface area contributed by atoms with Gasteiger partial charge in [0.1, 0.15) is 11.9 Å². The van der Waals surface area contributed by atoms with Gasteiger partial charge < -0.3 is 9.47 Å². The first-order chi connectivity index (χ1) is 16.7. The molecule has 1 aliphatic heterocycles. The van der Waals surface area contributed by atoms with Crippen LogP contribution in [0.5, 0.6) is 11.5 Å². The third kappa shape index (κ3) is 4.20. The highest BCUT2D eigenvalue weighted by Crippen LogP contribution is 2.33. The van der Waals surface area contributed by atoms with Crippen molar-refractivity contribution in [3.8, 4) is 22.8 Å². The normalized spacial score (nSPS) is 14.1. The molecule has 6 nitrogen and oxygen atoms in total. The number of aromatic nitrogens is 2. The van der Waals surface area contributed by atoms with Crippen molar-refractivity contribution in [2.45, 2.75) is 13.0 Å². The summed E-state index contributed by atoms with van der Waals surface area (Å²) in [6, 6.07) is 20.1. The van der Waals surface area contributed by atoms with Crippen molar-refractivity contribution < 1.29 is 14.3 Å². The van der Waals surface area contributed by atoms with Crippen LogP contribution in [0.3, 0.4) is 0 Å². The SMILES string of the molecule is COc1cc2c(cc1OC)CN(C/C(C=O)=C/c1c(-c3ccccc3)nc3ccccn13)CC2. The van der Waals surface area contributed by atoms with Gasteiger partial charge in [0.15, 0.2) is 11.5 Å². The minimum atomic E-state index is 0.561. The number of methoxy groups -OCH3 is 2. The Hall–Kier alpha value is -3.90. The molecule has 2 aromatic heterocycles. The Morgan fingerprint density at radius 2 is 1.74 bits per heavy atom. The minimum absolute atomic E-state index is 0.561. The van der Waals surface area contributed by atoms with Crippen LogP contribution in [0.1, 0.15) is 16.8 Å². The number of imidazole rings is 1. The number of pyridine rings is 1. The van der Waals surface area contributed by atoms with Gasteiger partial charge in [0.2, 0.25) is 0 Å². The Bertz CT molecular complexity index is 1360. The number of nitrogens with zero attached hydrogens (tertiary/aromatic N) is 3. The van der Waals surface area contributed by atoms with Crippen LogP contribution in [0.2, 0.25) is 0 Å². The van der Waals surface area contributed by atoms with Crippen LogP contribution in [0.15, 0.2) is 72.4 Å². The second kappa shape index (κ2) is 9.53. The first-order valence-electron chi connectivity index (χ1n) is 11.3. The van der Waals surface area contributed by atoms with Gasteiger partial charge in [-0.1, -0.05) is 36.4 Å². The number of rotatable bonds is 7. The average molecular weight is 454 g/mol. The molecule has 5 rings (SSSR count). The maximum Gasteiger partial charge on any atom is 0.161 e. The van der Waals surface area contributed by atoms with E-state index >= 15 is 0 Å². The largest absolute Gasteiger partial charge is 0.493 e. The van der Waals surface area contributed by atoms with Crippen molar-refractivity contribution in [2.24, 2.45) is 0 Å². The Labute approximate surface area is 199 Å². The third-order valence-corrected chi connectivity index (χ3v) is 6.29. The van der Waals surface area contributed by atoms with Crippen LogP contribution in [-0.4, -0.2) is 47.9 Å². The molecule has 6 heteroatoms. The van der Waals surface area contributed by atoms with Gasteiger partial charge in [-0.15, -0.1) is 0 Å². The van der Waals surface area contributed by atoms with Gasteiger partial charge in [0, 0.05) is 37.0 Å². The predicted molar refractivity (Wildman–Crippen MR) is 133 cm³/mol. The van der Waals surface area contributed by atoms with Crippen LogP contribution in [0.25, 0.3) is 23.0 Å². The standard InChI is InChI=1S/C28H27N3O3/c1-33-25-15-22-11-13-30(18-23(22)16-26(25)34-2)17-20(19-32)14-24-28(21-8-4-3-5-9-21)29-27-10-6-7-12-31(24)27/h3-10,12,14-16,19H,11,13,17-18H2,1-2H3/b20-14-. The van der Waals surface area contributed by atoms with Gasteiger partial charge >= 0.3 is 0 Å². The molecule has 172 valence electrons. The molecule has 0 bridgehead atoms. The maximum absolute atomic E-state index is 12.2. The Balaban J connectivity index is 1.46. The summed E-state index contributed by atoms with van der Waals surface area (Å²) in [5.74, 6) is 1.48. The lowest BCUT2D eigenvalue weighted by molar-refractivity contribution is -0.105. The number of hydrogen-bond acceptors (Lipinski definition) is 5. The number of hydrogen-bond donors (Lipinski definition) is 0. The summed E-state index contributed by atoms with van der Waals surface area (Å²) in [6.07, 6.45) is 5.81. The summed E-state index contributed by atoms with van der Waals surface area (Å²) in [4.78, 5) is 19.3. The monoisotopic (exact) mass is 453 g/mol. The molecule has 3 heterocycles. The molecule has 0 aliphatic carbocycles. The summed E-state index contributed by atoms with van der Waals surface area (Å²) in [6.45, 7) is 2.18. The van der Waals surface area contributed by atoms with Gasteiger partial charge in [-0.2, -0.15) is 0 Å². The smallest absolute Gasteiger partial charge is 0.161 e. The molecule has 0 unspecified atom stereocenters. The van der Waals surface area contributed by atoms with Crippen molar-refractivity contribution >= 4 is 18.0 Å². The topological polar surface area (TPSA) is 56.1 Å². The molecule has 0 saturated heterocycles. The fourth-order valence-electron chi connectivity index (χ4n) is 4.59. The Morgan fingerprint density at radius 3 is 2.47 bits per heavy atom. The second-order valence-corrected chi connectivity index (χ2v) is 8.41. The van der Waals surface area contributed by atoms with Crippen molar-refractivity contribution in [3.63, 3.8) is 0 Å². The number of benzene rings is 2. The summed E-state index contributed by atoms with van der Waals surface area (Å²) in [7, 11) is 3.31. The molecule has 0 fully saturated rings. The van der Waals surface area contributed by atoms with Crippen LogP contribution in [-0.2, 0) is 17.8 Å². The fraction of sp³-hybridized carbons (Fsp3) is 0.214. The number of fused-ring (bicyclic) bond motifs is 2. The van der Waals surface area contributed by atoms with Gasteiger partial charge in [0.25, 0.3) is 0 Å². The third-order valence-electron chi connectivity index (χ3n) is 6.29. The highest BCUT2D eigenvalue weighted by Gasteiger charge is 2.21. The molecule has 0 N–H and O–H groups in total. The molecule has 0 radical (unpaired) electrons. The van der Waals surface area contributed by atoms with E-state index in [2.05, 4.69) is 11.0 Å². The molecular weight excluding hydrogens is 426 g/mol. The zero-order chi connectivity index (χ0) is 23.5. The van der Waals surface area contributed by atoms with Gasteiger partial charge in [-0.3, -0.25) is 14.1 Å². The van der Waals surface area contributed by atoms with Gasteiger partial charge in [0.05, 0.1) is 25.6 Å². The zero-order valence-electron chi connectivity index (χ0n) is 19.4. The van der Waals surface area contributed by atoms with E-state index in [1.54, 1.807) is 14.2 Å². The van der Waals surface area contributed by atoms with E-state index in [1.807, 2.05) is 71.3 Å². The van der Waals surface area contributed by atoms with E-state index in [-0.39, 0.29) is 0 Å². The summed E-state index contributed by atoms with van der Waals surface area (Å²) < 4.78 is 13.0. The average Bonchev–Trinajstić information content (AvgIpc) is 3.26. The van der Waals surface area contributed by atoms with E-state index in [0.717, 1.165) is 59.9 Å². The van der Waals surface area contributed by atoms with E-state index in [1.165, 1.54) is 11.1 Å². The molecule has 0 saturated carbocycles. The van der Waals surface area contributed by atoms with E-state index in [0.29, 0.717) is 12.1 Å². The first-order valence-corrected chi connectivity index (χ1v) is 11.3. The number of carbonyl (C=O) groups is 1. The minimum Gasteiger partial charge on any atom is -0.493 e. The summed E-state index contributed by atoms with van der Waals surface area (Å²) in [5.41, 5.74) is 6.83. The Kier molecular flexibility index (Phi) is 6.14. The quantitative estimate of drug-likeness (QED) is 0.301. The van der Waals surface area contributed by atoms with Crippen LogP contribution in [0.4, 0.5) is 0 Å². The number of ether oxygens (including phenoxy) is 2. The maximum atomic E-state index is 12.2. The fourth-order valence-corrected chi connectivity index (χ4v) is 4.59. The van der Waals surface area contributed by atoms with E-state index in [9.17, 15) is 4.79 Å². The lowest BCUT2D eigenvalue weighted by Crippen LogP contribution is -2.32. The predicted octanol–water partition coefficient (Wildman–Crippen LogP) is 4.66. The van der Waals surface area contributed by atoms with E-state index in [4.69, 9.17) is 14.5 Å². The lowest BCUT2D eigenvalue weighted by Gasteiger charge is -2.29. The van der Waals surface area contributed by atoms with Crippen molar-refractivity contribution in [1.29, 1.82) is 0 Å². The first kappa shape index (κ1) is 21.9. The molecule has 0 amide bonds. The van der Waals surface area contributed by atoms with Crippen molar-refractivity contribution in [2.75, 3.05) is 27.3 Å². The molecular formula is C28H27N3O3. The van der Waals surface area contributed by atoms with Crippen molar-refractivity contribution in [3.05, 3.63) is 89.3 Å². The molecule has 0 atom stereocenters. The molecule has 0 spiro atoms. The summed E-state index contributed by atoms with van der Waals surface area (Å²) in [5, 5.41) is 0. The van der Waals surface area contributed by atoms with Crippen LogP contribution in [0, 0.1) is 0 Å².